The number of allylic oxidation sites excluding steroid dienone is 1. The zero-order valence-corrected chi connectivity index (χ0v) is 16.8. The predicted molar refractivity (Wildman–Crippen MR) is 115 cm³/mol. The van der Waals surface area contributed by atoms with Gasteiger partial charge < -0.3 is 10.6 Å². The second-order valence-corrected chi connectivity index (χ2v) is 7.68. The number of thioether (sulfide) groups is 1. The van der Waals surface area contributed by atoms with Crippen LogP contribution in [0.5, 0.6) is 0 Å². The van der Waals surface area contributed by atoms with Crippen LogP contribution in [0.25, 0.3) is 0 Å². The molecule has 0 spiro atoms. The summed E-state index contributed by atoms with van der Waals surface area (Å²) in [7, 11) is 0. The van der Waals surface area contributed by atoms with Crippen LogP contribution in [0.15, 0.2) is 64.3 Å². The molecule has 1 aliphatic rings. The van der Waals surface area contributed by atoms with Gasteiger partial charge in [0.2, 0.25) is 0 Å². The van der Waals surface area contributed by atoms with E-state index < -0.39 is 0 Å². The molecule has 0 atom stereocenters. The van der Waals surface area contributed by atoms with Crippen molar-refractivity contribution in [2.75, 3.05) is 5.32 Å². The average molecular weight is 426 g/mol. The number of amidine groups is 2. The van der Waals surface area contributed by atoms with E-state index in [0.717, 1.165) is 22.1 Å². The Morgan fingerprint density at radius 2 is 1.85 bits per heavy atom. The zero-order chi connectivity index (χ0) is 18.5. The summed E-state index contributed by atoms with van der Waals surface area (Å²) in [6, 6.07) is 13.0. The lowest BCUT2D eigenvalue weighted by Crippen LogP contribution is -2.19. The molecule has 0 saturated carbocycles. The van der Waals surface area contributed by atoms with E-state index in [2.05, 4.69) is 20.6 Å². The summed E-state index contributed by atoms with van der Waals surface area (Å²) in [5.74, 6) is 0. The number of rotatable bonds is 5. The predicted octanol–water partition coefficient (Wildman–Crippen LogP) is 6.17. The molecule has 0 aromatic heterocycles. The van der Waals surface area contributed by atoms with Gasteiger partial charge in [-0.2, -0.15) is 4.99 Å². The smallest absolute Gasteiger partial charge is 0.197 e. The van der Waals surface area contributed by atoms with Crippen LogP contribution in [0.4, 0.5) is 5.69 Å². The van der Waals surface area contributed by atoms with Crippen molar-refractivity contribution in [1.29, 1.82) is 0 Å². The van der Waals surface area contributed by atoms with Gasteiger partial charge in [-0.3, -0.25) is 0 Å². The minimum Gasteiger partial charge on any atom is -0.383 e. The standard InChI is InChI=1S/C18H15Cl3N4S/c1-11(22-10-12-2-7-15(20)16(21)8-12)9-23-17-25-18(26-17)24-14-5-3-13(19)4-6-14/h2-9,22H,10H2,1H3,(H,23,24,25). The Balaban J connectivity index is 1.50. The Bertz CT molecular complexity index is 892. The number of aliphatic imine (C=N–C) groups is 2. The molecule has 0 fully saturated rings. The maximum Gasteiger partial charge on any atom is 0.197 e. The molecule has 2 N–H and O–H groups in total. The van der Waals surface area contributed by atoms with Crippen molar-refractivity contribution in [3.05, 3.63) is 75.0 Å². The number of nitrogens with one attached hydrogen (secondary N) is 2. The molecule has 8 heteroatoms. The normalized spacial score (nSPS) is 15.5. The molecule has 1 heterocycles. The van der Waals surface area contributed by atoms with Crippen molar-refractivity contribution in [2.45, 2.75) is 13.5 Å². The highest BCUT2D eigenvalue weighted by molar-refractivity contribution is 8.29. The van der Waals surface area contributed by atoms with Gasteiger partial charge in [0.1, 0.15) is 0 Å². The lowest BCUT2D eigenvalue weighted by Gasteiger charge is -2.15. The van der Waals surface area contributed by atoms with Gasteiger partial charge in [0, 0.05) is 29.2 Å². The van der Waals surface area contributed by atoms with Gasteiger partial charge in [-0.15, -0.1) is 0 Å². The van der Waals surface area contributed by atoms with Crippen LogP contribution >= 0.6 is 46.6 Å². The molecule has 2 aromatic rings. The lowest BCUT2D eigenvalue weighted by molar-refractivity contribution is 0.808. The van der Waals surface area contributed by atoms with Gasteiger partial charge in [0.25, 0.3) is 0 Å². The topological polar surface area (TPSA) is 48.8 Å². The lowest BCUT2D eigenvalue weighted by atomic mass is 10.2. The Hall–Kier alpha value is -1.66. The van der Waals surface area contributed by atoms with Gasteiger partial charge in [-0.1, -0.05) is 40.9 Å². The molecule has 4 nitrogen and oxygen atoms in total. The maximum absolute atomic E-state index is 6.01. The Morgan fingerprint density at radius 1 is 1.12 bits per heavy atom. The van der Waals surface area contributed by atoms with Crippen LogP contribution < -0.4 is 10.6 Å². The number of hydrogen-bond acceptors (Lipinski definition) is 4. The van der Waals surface area contributed by atoms with Gasteiger partial charge in [-0.25, -0.2) is 4.99 Å². The molecule has 3 rings (SSSR count). The van der Waals surface area contributed by atoms with Crippen LogP contribution in [0, 0.1) is 0 Å². The first-order valence-electron chi connectivity index (χ1n) is 7.71. The summed E-state index contributed by atoms with van der Waals surface area (Å²) in [6.45, 7) is 2.59. The summed E-state index contributed by atoms with van der Waals surface area (Å²) in [5.41, 5.74) is 2.92. The van der Waals surface area contributed by atoms with Crippen LogP contribution in [-0.4, -0.2) is 10.3 Å². The molecule has 2 aromatic carbocycles. The molecular formula is C18H15Cl3N4S. The average Bonchev–Trinajstić information content (AvgIpc) is 2.59. The minimum atomic E-state index is 0.550. The van der Waals surface area contributed by atoms with Gasteiger partial charge in [0.15, 0.2) is 10.3 Å². The summed E-state index contributed by atoms with van der Waals surface area (Å²) < 4.78 is 0. The number of nitrogens with zero attached hydrogens (tertiary/aromatic N) is 2. The van der Waals surface area contributed by atoms with E-state index >= 15 is 0 Å². The van der Waals surface area contributed by atoms with Crippen molar-refractivity contribution < 1.29 is 0 Å². The number of benzene rings is 2. The molecule has 0 radical (unpaired) electrons. The van der Waals surface area contributed by atoms with E-state index in [1.807, 2.05) is 43.3 Å². The first kappa shape index (κ1) is 19.1. The van der Waals surface area contributed by atoms with Crippen molar-refractivity contribution in [3.8, 4) is 0 Å². The SMILES string of the molecule is CC(=CN=C1N=C(Nc2ccc(Cl)cc2)S1)NCc1ccc(Cl)c(Cl)c1. The number of hydrogen-bond donors (Lipinski definition) is 2. The molecule has 0 aliphatic carbocycles. The van der Waals surface area contributed by atoms with Crippen molar-refractivity contribution in [2.24, 2.45) is 9.98 Å². The van der Waals surface area contributed by atoms with E-state index in [0.29, 0.717) is 26.8 Å². The second-order valence-electron chi connectivity index (χ2n) is 5.48. The first-order valence-corrected chi connectivity index (χ1v) is 9.66. The Morgan fingerprint density at radius 3 is 2.54 bits per heavy atom. The fourth-order valence-corrected chi connectivity index (χ4v) is 3.06. The monoisotopic (exact) mass is 424 g/mol. The number of anilines is 1. The minimum absolute atomic E-state index is 0.550. The third-order valence-corrected chi connectivity index (χ3v) is 5.16. The summed E-state index contributed by atoms with van der Waals surface area (Å²) >= 11 is 19.3. The molecule has 26 heavy (non-hydrogen) atoms. The van der Waals surface area contributed by atoms with Crippen LogP contribution in [0.3, 0.4) is 0 Å². The van der Waals surface area contributed by atoms with E-state index in [4.69, 9.17) is 34.8 Å². The van der Waals surface area contributed by atoms with Crippen molar-refractivity contribution in [3.63, 3.8) is 0 Å². The molecule has 0 bridgehead atoms. The summed E-state index contributed by atoms with van der Waals surface area (Å²) in [6.07, 6.45) is 1.75. The molecule has 1 aliphatic heterocycles. The van der Waals surface area contributed by atoms with Gasteiger partial charge >= 0.3 is 0 Å². The Kier molecular flexibility index (Phi) is 6.48. The summed E-state index contributed by atoms with van der Waals surface area (Å²) in [4.78, 5) is 8.67. The molecule has 0 saturated heterocycles. The quantitative estimate of drug-likeness (QED) is 0.602. The van der Waals surface area contributed by atoms with Gasteiger partial charge in [0.05, 0.1) is 10.0 Å². The maximum atomic E-state index is 6.01. The second kappa shape index (κ2) is 8.82. The van der Waals surface area contributed by atoms with Crippen LogP contribution in [0.2, 0.25) is 15.1 Å². The fourth-order valence-electron chi connectivity index (χ4n) is 2.03. The molecule has 0 unspecified atom stereocenters. The molecular weight excluding hydrogens is 411 g/mol. The van der Waals surface area contributed by atoms with Crippen LogP contribution in [0.1, 0.15) is 12.5 Å². The molecule has 0 amide bonds. The summed E-state index contributed by atoms with van der Waals surface area (Å²) in [5, 5.41) is 9.78. The largest absolute Gasteiger partial charge is 0.383 e. The van der Waals surface area contributed by atoms with E-state index in [1.165, 1.54) is 11.8 Å². The fraction of sp³-hybridized carbons (Fsp3) is 0.111. The highest BCUT2D eigenvalue weighted by Gasteiger charge is 2.16. The van der Waals surface area contributed by atoms with E-state index in [-0.39, 0.29) is 0 Å². The third kappa shape index (κ3) is 5.42. The third-order valence-electron chi connectivity index (χ3n) is 3.40. The van der Waals surface area contributed by atoms with Crippen LogP contribution in [-0.2, 0) is 6.54 Å². The van der Waals surface area contributed by atoms with Crippen molar-refractivity contribution in [1.82, 2.24) is 5.32 Å². The molecule has 134 valence electrons. The Labute approximate surface area is 171 Å². The van der Waals surface area contributed by atoms with Gasteiger partial charge in [-0.05, 0) is 60.6 Å². The number of halogens is 3. The zero-order valence-electron chi connectivity index (χ0n) is 13.8. The van der Waals surface area contributed by atoms with E-state index in [1.54, 1.807) is 12.3 Å². The van der Waals surface area contributed by atoms with E-state index in [9.17, 15) is 0 Å². The highest BCUT2D eigenvalue weighted by atomic mass is 35.5. The first-order chi connectivity index (χ1) is 12.5. The highest BCUT2D eigenvalue weighted by Crippen LogP contribution is 2.24. The van der Waals surface area contributed by atoms with Crippen molar-refractivity contribution >= 4 is 62.6 Å².